The van der Waals surface area contributed by atoms with Crippen molar-refractivity contribution in [1.29, 1.82) is 0 Å². The first-order valence-corrected chi connectivity index (χ1v) is 6.09. The SMILES string of the molecule is COc1cccnc1C(=O)c1cccc(I)c1. The molecule has 0 saturated heterocycles. The highest BCUT2D eigenvalue weighted by molar-refractivity contribution is 14.1. The third kappa shape index (κ3) is 2.63. The Labute approximate surface area is 113 Å². The number of pyridine rings is 1. The number of hydrogen-bond donors (Lipinski definition) is 0. The number of rotatable bonds is 3. The van der Waals surface area contributed by atoms with Crippen molar-refractivity contribution in [2.24, 2.45) is 0 Å². The summed E-state index contributed by atoms with van der Waals surface area (Å²) in [7, 11) is 1.53. The highest BCUT2D eigenvalue weighted by Crippen LogP contribution is 2.19. The van der Waals surface area contributed by atoms with Gasteiger partial charge in [0.1, 0.15) is 5.75 Å². The lowest BCUT2D eigenvalue weighted by Gasteiger charge is -2.06. The summed E-state index contributed by atoms with van der Waals surface area (Å²) in [5.41, 5.74) is 0.964. The zero-order chi connectivity index (χ0) is 12.3. The van der Waals surface area contributed by atoms with Gasteiger partial charge in [0.05, 0.1) is 7.11 Å². The lowest BCUT2D eigenvalue weighted by molar-refractivity contribution is 0.103. The van der Waals surface area contributed by atoms with Crippen molar-refractivity contribution in [2.75, 3.05) is 7.11 Å². The van der Waals surface area contributed by atoms with Gasteiger partial charge in [0.15, 0.2) is 5.69 Å². The molecule has 4 heteroatoms. The number of methoxy groups -OCH3 is 1. The van der Waals surface area contributed by atoms with Crippen LogP contribution in [0.1, 0.15) is 16.1 Å². The van der Waals surface area contributed by atoms with E-state index in [0.717, 1.165) is 3.57 Å². The van der Waals surface area contributed by atoms with E-state index < -0.39 is 0 Å². The van der Waals surface area contributed by atoms with Crippen molar-refractivity contribution < 1.29 is 9.53 Å². The van der Waals surface area contributed by atoms with E-state index >= 15 is 0 Å². The Bertz CT molecular complexity index is 555. The fraction of sp³-hybridized carbons (Fsp3) is 0.0769. The van der Waals surface area contributed by atoms with Crippen LogP contribution in [0, 0.1) is 3.57 Å². The number of halogens is 1. The van der Waals surface area contributed by atoms with Crippen LogP contribution in [0.15, 0.2) is 42.6 Å². The molecule has 0 spiro atoms. The summed E-state index contributed by atoms with van der Waals surface area (Å²) in [5.74, 6) is 0.373. The number of ketones is 1. The van der Waals surface area contributed by atoms with Crippen molar-refractivity contribution >= 4 is 28.4 Å². The second-order valence-electron chi connectivity index (χ2n) is 3.39. The Morgan fingerprint density at radius 1 is 1.29 bits per heavy atom. The summed E-state index contributed by atoms with van der Waals surface area (Å²) in [6.07, 6.45) is 1.59. The number of carbonyl (C=O) groups is 1. The Kier molecular flexibility index (Phi) is 3.73. The molecule has 1 aromatic heterocycles. The summed E-state index contributed by atoms with van der Waals surface area (Å²) < 4.78 is 6.15. The van der Waals surface area contributed by atoms with Crippen molar-refractivity contribution in [1.82, 2.24) is 4.98 Å². The summed E-state index contributed by atoms with van der Waals surface area (Å²) in [5, 5.41) is 0. The molecule has 0 fully saturated rings. The maximum atomic E-state index is 12.2. The largest absolute Gasteiger partial charge is 0.494 e. The van der Waals surface area contributed by atoms with Gasteiger partial charge in [-0.25, -0.2) is 4.98 Å². The van der Waals surface area contributed by atoms with Crippen LogP contribution in [0.25, 0.3) is 0 Å². The summed E-state index contributed by atoms with van der Waals surface area (Å²) in [6, 6.07) is 10.9. The van der Waals surface area contributed by atoms with E-state index in [1.54, 1.807) is 24.4 Å². The number of hydrogen-bond acceptors (Lipinski definition) is 3. The number of aromatic nitrogens is 1. The maximum Gasteiger partial charge on any atom is 0.215 e. The van der Waals surface area contributed by atoms with Crippen LogP contribution < -0.4 is 4.74 Å². The molecule has 0 saturated carbocycles. The van der Waals surface area contributed by atoms with E-state index in [-0.39, 0.29) is 5.78 Å². The summed E-state index contributed by atoms with van der Waals surface area (Å²) in [4.78, 5) is 16.3. The van der Waals surface area contributed by atoms with E-state index in [2.05, 4.69) is 27.6 Å². The monoisotopic (exact) mass is 339 g/mol. The molecule has 2 rings (SSSR count). The van der Waals surface area contributed by atoms with Crippen LogP contribution in [-0.4, -0.2) is 17.9 Å². The van der Waals surface area contributed by atoms with E-state index in [0.29, 0.717) is 17.0 Å². The van der Waals surface area contributed by atoms with Gasteiger partial charge in [-0.1, -0.05) is 12.1 Å². The van der Waals surface area contributed by atoms with E-state index in [1.807, 2.05) is 18.2 Å². The molecule has 86 valence electrons. The number of ether oxygens (including phenoxy) is 1. The maximum absolute atomic E-state index is 12.2. The molecule has 0 N–H and O–H groups in total. The van der Waals surface area contributed by atoms with Gasteiger partial charge in [0.2, 0.25) is 5.78 Å². The Morgan fingerprint density at radius 2 is 2.12 bits per heavy atom. The van der Waals surface area contributed by atoms with Crippen LogP contribution in [0.2, 0.25) is 0 Å². The molecule has 2 aromatic rings. The zero-order valence-corrected chi connectivity index (χ0v) is 11.3. The Hall–Kier alpha value is -1.43. The molecule has 0 aliphatic carbocycles. The molecule has 1 aromatic carbocycles. The predicted octanol–water partition coefficient (Wildman–Crippen LogP) is 2.93. The van der Waals surface area contributed by atoms with Gasteiger partial charge in [-0.05, 0) is 46.9 Å². The quantitative estimate of drug-likeness (QED) is 0.638. The predicted molar refractivity (Wildman–Crippen MR) is 73.4 cm³/mol. The fourth-order valence-corrected chi connectivity index (χ4v) is 2.04. The first-order chi connectivity index (χ1) is 8.22. The van der Waals surface area contributed by atoms with Crippen molar-refractivity contribution in [3.05, 3.63) is 57.4 Å². The molecule has 0 atom stereocenters. The van der Waals surface area contributed by atoms with Gasteiger partial charge in [0.25, 0.3) is 0 Å². The van der Waals surface area contributed by atoms with Gasteiger partial charge in [-0.15, -0.1) is 0 Å². The van der Waals surface area contributed by atoms with Crippen molar-refractivity contribution in [2.45, 2.75) is 0 Å². The van der Waals surface area contributed by atoms with Crippen LogP contribution >= 0.6 is 22.6 Å². The lowest BCUT2D eigenvalue weighted by Crippen LogP contribution is -2.06. The molecular formula is C13H10INO2. The molecule has 0 amide bonds. The number of benzene rings is 1. The Morgan fingerprint density at radius 3 is 2.82 bits per heavy atom. The molecular weight excluding hydrogens is 329 g/mol. The first-order valence-electron chi connectivity index (χ1n) is 5.01. The fourth-order valence-electron chi connectivity index (χ4n) is 1.49. The van der Waals surface area contributed by atoms with Crippen molar-refractivity contribution in [3.63, 3.8) is 0 Å². The van der Waals surface area contributed by atoms with Gasteiger partial charge < -0.3 is 4.74 Å². The third-order valence-electron chi connectivity index (χ3n) is 2.29. The number of nitrogens with zero attached hydrogens (tertiary/aromatic N) is 1. The van der Waals surface area contributed by atoms with Gasteiger partial charge in [-0.2, -0.15) is 0 Å². The minimum atomic E-state index is -0.124. The second-order valence-corrected chi connectivity index (χ2v) is 4.64. The molecule has 0 radical (unpaired) electrons. The average Bonchev–Trinajstić information content (AvgIpc) is 2.38. The van der Waals surface area contributed by atoms with Crippen molar-refractivity contribution in [3.8, 4) is 5.75 Å². The number of carbonyl (C=O) groups excluding carboxylic acids is 1. The summed E-state index contributed by atoms with van der Waals surface area (Å²) in [6.45, 7) is 0. The first kappa shape index (κ1) is 12.0. The normalized spacial score (nSPS) is 10.0. The molecule has 0 aliphatic heterocycles. The minimum absolute atomic E-state index is 0.124. The average molecular weight is 339 g/mol. The molecule has 0 unspecified atom stereocenters. The lowest BCUT2D eigenvalue weighted by atomic mass is 10.1. The van der Waals surface area contributed by atoms with E-state index in [9.17, 15) is 4.79 Å². The van der Waals surface area contributed by atoms with Crippen LogP contribution in [0.3, 0.4) is 0 Å². The molecule has 1 heterocycles. The summed E-state index contributed by atoms with van der Waals surface area (Å²) >= 11 is 2.17. The zero-order valence-electron chi connectivity index (χ0n) is 9.18. The van der Waals surface area contributed by atoms with E-state index in [1.165, 1.54) is 7.11 Å². The van der Waals surface area contributed by atoms with Crippen LogP contribution in [-0.2, 0) is 0 Å². The minimum Gasteiger partial charge on any atom is -0.494 e. The molecule has 0 aliphatic rings. The highest BCUT2D eigenvalue weighted by Gasteiger charge is 2.15. The highest BCUT2D eigenvalue weighted by atomic mass is 127. The van der Waals surface area contributed by atoms with E-state index in [4.69, 9.17) is 4.74 Å². The van der Waals surface area contributed by atoms with Gasteiger partial charge >= 0.3 is 0 Å². The second kappa shape index (κ2) is 5.27. The third-order valence-corrected chi connectivity index (χ3v) is 2.96. The smallest absolute Gasteiger partial charge is 0.215 e. The standard InChI is InChI=1S/C13H10INO2/c1-17-11-6-3-7-15-12(11)13(16)9-4-2-5-10(14)8-9/h2-8H,1H3. The molecule has 3 nitrogen and oxygen atoms in total. The van der Waals surface area contributed by atoms with Crippen LogP contribution in [0.5, 0.6) is 5.75 Å². The molecule has 0 bridgehead atoms. The topological polar surface area (TPSA) is 39.2 Å². The van der Waals surface area contributed by atoms with Gasteiger partial charge in [-0.3, -0.25) is 4.79 Å². The Balaban J connectivity index is 2.44. The molecule has 17 heavy (non-hydrogen) atoms. The van der Waals surface area contributed by atoms with Gasteiger partial charge in [0, 0.05) is 15.3 Å². The van der Waals surface area contributed by atoms with Crippen LogP contribution in [0.4, 0.5) is 0 Å².